The summed E-state index contributed by atoms with van der Waals surface area (Å²) in [6.07, 6.45) is 13.9. The van der Waals surface area contributed by atoms with E-state index < -0.39 is 71.7 Å². The second-order valence-corrected chi connectivity index (χ2v) is 20.7. The molecular formula is C52H79N5O12. The van der Waals surface area contributed by atoms with Gasteiger partial charge in [-0.05, 0) is 118 Å². The number of nitrogens with zero attached hydrogens (tertiary/aromatic N) is 5. The smallest absolute Gasteiger partial charge is 0.329 e. The average Bonchev–Trinajstić information content (AvgIpc) is 3.88. The number of fused-ring (bicyclic) bond motifs is 3. The minimum atomic E-state index is -2.47. The van der Waals surface area contributed by atoms with Crippen molar-refractivity contribution in [3.05, 3.63) is 53.9 Å². The highest BCUT2D eigenvalue weighted by Crippen LogP contribution is 2.41. The van der Waals surface area contributed by atoms with Gasteiger partial charge in [0, 0.05) is 62.9 Å². The molecule has 4 heterocycles. The molecule has 3 fully saturated rings. The van der Waals surface area contributed by atoms with E-state index in [1.54, 1.807) is 44.8 Å². The van der Waals surface area contributed by atoms with E-state index in [-0.39, 0.29) is 86.2 Å². The first-order chi connectivity index (χ1) is 32.8. The number of tetrazole rings is 1. The quantitative estimate of drug-likeness (QED) is 0.202. The fraction of sp³-hybridized carbons (Fsp3) is 0.731. The van der Waals surface area contributed by atoms with Gasteiger partial charge in [0.15, 0.2) is 11.6 Å². The Morgan fingerprint density at radius 1 is 0.928 bits per heavy atom. The number of Topliss-reactive ketones (excluding diaryl/α,β-unsaturated/α-hetero) is 3. The monoisotopic (exact) mass is 966 g/mol. The largest absolute Gasteiger partial charge is 0.460 e. The van der Waals surface area contributed by atoms with Crippen LogP contribution in [0.4, 0.5) is 0 Å². The first-order valence-electron chi connectivity index (χ1n) is 25.2. The Morgan fingerprint density at radius 3 is 2.36 bits per heavy atom. The number of hydrogen-bond acceptors (Lipinski definition) is 15. The van der Waals surface area contributed by atoms with Crippen LogP contribution in [-0.2, 0) is 38.2 Å². The molecule has 69 heavy (non-hydrogen) atoms. The highest BCUT2D eigenvalue weighted by Gasteiger charge is 2.53. The lowest BCUT2D eigenvalue weighted by atomic mass is 9.74. The van der Waals surface area contributed by atoms with Gasteiger partial charge in [-0.2, -0.15) is 0 Å². The normalized spacial score (nSPS) is 37.1. The molecule has 2 saturated heterocycles. The number of aliphatic hydroxyl groups is 4. The zero-order valence-corrected chi connectivity index (χ0v) is 42.0. The maximum absolute atomic E-state index is 14.5. The standard InChI is InChI=1S/C52H79N5O12/c1-31-14-10-9-11-15-32(2)39(28-58)26-41-19-17-37(7)52(66,69-41)49(63)50(64)56-21-13-12-16-43(56)51(65)68-45(34(4)24-38-18-20-42(40(25-38)29-59)57-30-53-54-55-57)27-44(60)33(3)23-36(6)47(62)48(67-8)46(61)35(5)22-31/h9-11,14-15,23,30-31,34-43,45,47-48,58-59,62,66H,12-13,16-22,24-29H2,1-8H3/b11-9?,14-10?,32-15?,33-23+/t31-,34-,35+,36?,37?,38+,39-,40+,41+,42+,43+,45+,47-,48+,52-/m1/s1. The number of ether oxygens (including phenoxy) is 3. The van der Waals surface area contributed by atoms with Crippen molar-refractivity contribution in [2.45, 2.75) is 168 Å². The summed E-state index contributed by atoms with van der Waals surface area (Å²) in [6, 6.07) is -1.26. The minimum Gasteiger partial charge on any atom is -0.460 e. The van der Waals surface area contributed by atoms with Gasteiger partial charge >= 0.3 is 5.97 Å². The van der Waals surface area contributed by atoms with E-state index in [0.717, 1.165) is 12.0 Å². The number of aliphatic hydroxyl groups excluding tert-OH is 3. The zero-order chi connectivity index (χ0) is 50.6. The molecule has 2 unspecified atom stereocenters. The number of ketones is 3. The van der Waals surface area contributed by atoms with Crippen molar-refractivity contribution in [1.82, 2.24) is 25.1 Å². The first kappa shape index (κ1) is 55.7. The molecule has 17 nitrogen and oxygen atoms in total. The van der Waals surface area contributed by atoms with Crippen LogP contribution >= 0.6 is 0 Å². The average molecular weight is 966 g/mol. The van der Waals surface area contributed by atoms with E-state index in [1.165, 1.54) is 12.0 Å². The van der Waals surface area contributed by atoms with Crippen LogP contribution in [0.2, 0.25) is 0 Å². The number of cyclic esters (lactones) is 1. The van der Waals surface area contributed by atoms with Gasteiger partial charge in [0.1, 0.15) is 24.6 Å². The number of rotatable bonds is 7. The molecule has 0 radical (unpaired) electrons. The minimum absolute atomic E-state index is 0.000530. The van der Waals surface area contributed by atoms with Gasteiger partial charge in [-0.15, -0.1) is 5.10 Å². The highest BCUT2D eigenvalue weighted by atomic mass is 16.6. The van der Waals surface area contributed by atoms with E-state index >= 15 is 0 Å². The topological polar surface area (TPSA) is 241 Å². The number of carbonyl (C=O) groups is 5. The summed E-state index contributed by atoms with van der Waals surface area (Å²) in [7, 11) is 1.38. The Bertz CT molecular complexity index is 2020. The lowest BCUT2D eigenvalue weighted by Gasteiger charge is -2.43. The fourth-order valence-electron chi connectivity index (χ4n) is 10.9. The number of amides is 1. The van der Waals surface area contributed by atoms with Crippen molar-refractivity contribution in [3.8, 4) is 0 Å². The number of aromatic nitrogens is 4. The zero-order valence-electron chi connectivity index (χ0n) is 42.0. The van der Waals surface area contributed by atoms with E-state index in [2.05, 4.69) is 15.5 Å². The molecule has 15 atom stereocenters. The number of methoxy groups -OCH3 is 1. The third kappa shape index (κ3) is 14.2. The lowest BCUT2D eigenvalue weighted by molar-refractivity contribution is -0.265. The van der Waals surface area contributed by atoms with Crippen molar-refractivity contribution in [3.63, 3.8) is 0 Å². The Balaban J connectivity index is 1.46. The van der Waals surface area contributed by atoms with Gasteiger partial charge in [-0.3, -0.25) is 19.2 Å². The van der Waals surface area contributed by atoms with E-state index in [9.17, 15) is 44.4 Å². The summed E-state index contributed by atoms with van der Waals surface area (Å²) in [4.78, 5) is 72.1. The Morgan fingerprint density at radius 2 is 1.68 bits per heavy atom. The highest BCUT2D eigenvalue weighted by molar-refractivity contribution is 6.39. The number of piperidine rings is 1. The maximum Gasteiger partial charge on any atom is 0.329 e. The molecule has 2 bridgehead atoms. The summed E-state index contributed by atoms with van der Waals surface area (Å²) in [6.45, 7) is 12.3. The molecule has 0 spiro atoms. The van der Waals surface area contributed by atoms with Crippen LogP contribution in [0, 0.1) is 47.3 Å². The second-order valence-electron chi connectivity index (χ2n) is 20.7. The molecule has 1 saturated carbocycles. The van der Waals surface area contributed by atoms with Crippen LogP contribution in [0.1, 0.15) is 132 Å². The van der Waals surface area contributed by atoms with Crippen LogP contribution in [0.3, 0.4) is 0 Å². The number of carbonyl (C=O) groups excluding carboxylic acids is 5. The molecule has 1 amide bonds. The van der Waals surface area contributed by atoms with Crippen LogP contribution < -0.4 is 0 Å². The number of hydrogen-bond donors (Lipinski definition) is 4. The molecule has 3 aliphatic heterocycles. The lowest BCUT2D eigenvalue weighted by Crippen LogP contribution is -2.60. The molecular weight excluding hydrogens is 887 g/mol. The second kappa shape index (κ2) is 25.7. The third-order valence-corrected chi connectivity index (χ3v) is 15.5. The van der Waals surface area contributed by atoms with Gasteiger partial charge in [0.05, 0.1) is 18.2 Å². The van der Waals surface area contributed by atoms with E-state index in [4.69, 9.17) is 14.2 Å². The first-order valence-corrected chi connectivity index (χ1v) is 25.2. The number of esters is 1. The maximum atomic E-state index is 14.5. The molecule has 1 aromatic rings. The van der Waals surface area contributed by atoms with Crippen molar-refractivity contribution in [2.24, 2.45) is 47.3 Å². The predicted molar refractivity (Wildman–Crippen MR) is 256 cm³/mol. The van der Waals surface area contributed by atoms with Gasteiger partial charge in [-0.1, -0.05) is 76.6 Å². The van der Waals surface area contributed by atoms with Crippen LogP contribution in [-0.4, -0.2) is 138 Å². The van der Waals surface area contributed by atoms with E-state index in [0.29, 0.717) is 56.9 Å². The van der Waals surface area contributed by atoms with Crippen molar-refractivity contribution < 1.29 is 58.6 Å². The summed E-state index contributed by atoms with van der Waals surface area (Å²) < 4.78 is 19.7. The Kier molecular flexibility index (Phi) is 20.8. The number of allylic oxidation sites excluding steroid dienone is 6. The summed E-state index contributed by atoms with van der Waals surface area (Å²) in [5.74, 6) is -8.71. The van der Waals surface area contributed by atoms with Gasteiger partial charge in [0.25, 0.3) is 11.7 Å². The van der Waals surface area contributed by atoms with Gasteiger partial charge in [0.2, 0.25) is 5.79 Å². The fourth-order valence-corrected chi connectivity index (χ4v) is 10.9. The van der Waals surface area contributed by atoms with Crippen molar-refractivity contribution in [1.29, 1.82) is 0 Å². The Labute approximate surface area is 407 Å². The summed E-state index contributed by atoms with van der Waals surface area (Å²) in [5.41, 5.74) is 1.15. The van der Waals surface area contributed by atoms with Crippen molar-refractivity contribution >= 4 is 29.2 Å². The molecule has 5 rings (SSSR count). The van der Waals surface area contributed by atoms with Gasteiger partial charge < -0.3 is 39.5 Å². The van der Waals surface area contributed by atoms with Crippen LogP contribution in [0.15, 0.2) is 53.9 Å². The molecule has 1 aliphatic carbocycles. The van der Waals surface area contributed by atoms with Gasteiger partial charge in [-0.25, -0.2) is 9.48 Å². The van der Waals surface area contributed by atoms with E-state index in [1.807, 2.05) is 51.2 Å². The third-order valence-electron chi connectivity index (χ3n) is 15.5. The van der Waals surface area contributed by atoms with Crippen molar-refractivity contribution in [2.75, 3.05) is 26.9 Å². The molecule has 384 valence electrons. The molecule has 4 aliphatic rings. The summed E-state index contributed by atoms with van der Waals surface area (Å²) in [5, 5.41) is 55.9. The SMILES string of the molecule is CO[C@H]1C(=O)[C@@H](C)C[C@H](C)C=CC=CC=C(C)[C@@H](CO)C[C@@H]2CCC(C)[C@@](O)(O2)C(=O)C(=O)N2CCCC[C@H]2C(=O)O[C@H]([C@H](C)C[C@@H]2CC[C@H](n3cnnn3)[C@H](CO)C2)CC(=O)/C(C)=C/C(C)[C@H]1O. The Hall–Kier alpha value is -4.26. The predicted octanol–water partition coefficient (Wildman–Crippen LogP) is 5.23. The molecule has 4 N–H and O–H groups in total. The molecule has 0 aromatic carbocycles. The summed E-state index contributed by atoms with van der Waals surface area (Å²) >= 11 is 0. The van der Waals surface area contributed by atoms with Crippen LogP contribution in [0.5, 0.6) is 0 Å². The van der Waals surface area contributed by atoms with Crippen LogP contribution in [0.25, 0.3) is 0 Å². The molecule has 17 heteroatoms. The molecule has 1 aromatic heterocycles.